The molecule has 0 saturated carbocycles. The second kappa shape index (κ2) is 9.94. The number of rotatable bonds is 6. The molecule has 2 aromatic heterocycles. The summed E-state index contributed by atoms with van der Waals surface area (Å²) in [4.78, 5) is 36.5. The molecule has 3 heterocycles. The van der Waals surface area contributed by atoms with Gasteiger partial charge in [-0.2, -0.15) is 0 Å². The summed E-state index contributed by atoms with van der Waals surface area (Å²) in [7, 11) is 0. The first kappa shape index (κ1) is 22.6. The van der Waals surface area contributed by atoms with E-state index in [0.717, 1.165) is 36.2 Å². The zero-order chi connectivity index (χ0) is 23.4. The third-order valence-electron chi connectivity index (χ3n) is 6.19. The van der Waals surface area contributed by atoms with E-state index in [1.54, 1.807) is 6.20 Å². The van der Waals surface area contributed by atoms with Crippen molar-refractivity contribution in [3.05, 3.63) is 76.2 Å². The van der Waals surface area contributed by atoms with E-state index >= 15 is 0 Å². The minimum absolute atomic E-state index is 0.0486. The van der Waals surface area contributed by atoms with Crippen LogP contribution in [0, 0.1) is 20.8 Å². The number of carbonyl (C=O) groups excluding carboxylic acids is 2. The van der Waals surface area contributed by atoms with Gasteiger partial charge in [0.05, 0.1) is 23.4 Å². The average molecular weight is 448 g/mol. The predicted molar refractivity (Wildman–Crippen MR) is 123 cm³/mol. The molecule has 4 rings (SSSR count). The van der Waals surface area contributed by atoms with E-state index in [2.05, 4.69) is 20.4 Å². The van der Waals surface area contributed by atoms with E-state index in [4.69, 9.17) is 4.52 Å². The van der Waals surface area contributed by atoms with Gasteiger partial charge in [0.15, 0.2) is 0 Å². The quantitative estimate of drug-likeness (QED) is 0.622. The van der Waals surface area contributed by atoms with Crippen LogP contribution in [0.4, 0.5) is 0 Å². The minimum Gasteiger partial charge on any atom is -0.361 e. The Balaban J connectivity index is 1.39. The van der Waals surface area contributed by atoms with Crippen molar-refractivity contribution in [1.82, 2.24) is 25.3 Å². The van der Waals surface area contributed by atoms with Crippen molar-refractivity contribution in [2.75, 3.05) is 13.1 Å². The number of carbonyl (C=O) groups is 2. The average Bonchev–Trinajstić information content (AvgIpc) is 3.15. The molecule has 0 spiro atoms. The minimum atomic E-state index is -0.192. The first-order chi connectivity index (χ1) is 15.9. The highest BCUT2D eigenvalue weighted by Crippen LogP contribution is 2.26. The molecule has 33 heavy (non-hydrogen) atoms. The maximum absolute atomic E-state index is 12.9. The Morgan fingerprint density at radius 3 is 2.64 bits per heavy atom. The monoisotopic (exact) mass is 447 g/mol. The van der Waals surface area contributed by atoms with Crippen LogP contribution >= 0.6 is 0 Å². The fraction of sp³-hybridized carbons (Fsp3) is 0.400. The molecule has 172 valence electrons. The molecular formula is C25H29N5O3. The lowest BCUT2D eigenvalue weighted by Gasteiger charge is -2.32. The SMILES string of the molecule is Cc1nc([C@H]2CCCN(C(=O)Cc3c(C)noc3C)C2)ncc1C(=O)NCc1ccccc1. The van der Waals surface area contributed by atoms with Crippen molar-refractivity contribution in [1.29, 1.82) is 0 Å². The van der Waals surface area contributed by atoms with Gasteiger partial charge in [-0.05, 0) is 39.2 Å². The number of aryl methyl sites for hydroxylation is 3. The van der Waals surface area contributed by atoms with Gasteiger partial charge in [0, 0.05) is 37.3 Å². The van der Waals surface area contributed by atoms with Crippen LogP contribution in [0.3, 0.4) is 0 Å². The highest BCUT2D eigenvalue weighted by molar-refractivity contribution is 5.94. The molecule has 8 nitrogen and oxygen atoms in total. The Hall–Kier alpha value is -3.55. The molecule has 1 N–H and O–H groups in total. The summed E-state index contributed by atoms with van der Waals surface area (Å²) in [6, 6.07) is 9.76. The lowest BCUT2D eigenvalue weighted by Crippen LogP contribution is -2.40. The molecule has 0 unspecified atom stereocenters. The Morgan fingerprint density at radius 2 is 1.94 bits per heavy atom. The summed E-state index contributed by atoms with van der Waals surface area (Å²) in [5.41, 5.74) is 3.76. The number of amides is 2. The van der Waals surface area contributed by atoms with E-state index in [0.29, 0.717) is 35.9 Å². The summed E-state index contributed by atoms with van der Waals surface area (Å²) in [5, 5.41) is 6.86. The predicted octanol–water partition coefficient (Wildman–Crippen LogP) is 3.27. The standard InChI is InChI=1S/C25H29N5O3/c1-16-22(25(32)27-13-19-8-5-4-6-9-19)14-26-24(28-16)20-10-7-11-30(15-20)23(31)12-21-17(2)29-33-18(21)3/h4-6,8-9,14,20H,7,10-13,15H2,1-3H3,(H,27,32)/t20-/m0/s1. The topological polar surface area (TPSA) is 101 Å². The number of nitrogens with one attached hydrogen (secondary N) is 1. The summed E-state index contributed by atoms with van der Waals surface area (Å²) in [6.45, 7) is 7.25. The van der Waals surface area contributed by atoms with Crippen molar-refractivity contribution >= 4 is 11.8 Å². The molecule has 1 aliphatic heterocycles. The molecule has 1 saturated heterocycles. The van der Waals surface area contributed by atoms with Crippen LogP contribution in [0.15, 0.2) is 41.1 Å². The third-order valence-corrected chi connectivity index (χ3v) is 6.19. The van der Waals surface area contributed by atoms with E-state index in [1.807, 2.05) is 56.0 Å². The van der Waals surface area contributed by atoms with Gasteiger partial charge in [-0.3, -0.25) is 9.59 Å². The largest absolute Gasteiger partial charge is 0.361 e. The molecule has 1 aliphatic rings. The maximum atomic E-state index is 12.9. The number of nitrogens with zero attached hydrogens (tertiary/aromatic N) is 4. The first-order valence-electron chi connectivity index (χ1n) is 11.3. The van der Waals surface area contributed by atoms with E-state index < -0.39 is 0 Å². The van der Waals surface area contributed by atoms with Gasteiger partial charge in [0.2, 0.25) is 5.91 Å². The molecular weight excluding hydrogens is 418 g/mol. The number of hydrogen-bond donors (Lipinski definition) is 1. The van der Waals surface area contributed by atoms with Crippen LogP contribution in [0.1, 0.15) is 63.2 Å². The molecule has 1 atom stereocenters. The number of hydrogen-bond acceptors (Lipinski definition) is 6. The van der Waals surface area contributed by atoms with Crippen LogP contribution < -0.4 is 5.32 Å². The number of aromatic nitrogens is 3. The summed E-state index contributed by atoms with van der Waals surface area (Å²) in [5.74, 6) is 1.29. The first-order valence-corrected chi connectivity index (χ1v) is 11.3. The second-order valence-electron chi connectivity index (χ2n) is 8.55. The molecule has 1 fully saturated rings. The van der Waals surface area contributed by atoms with Gasteiger partial charge in [-0.15, -0.1) is 0 Å². The maximum Gasteiger partial charge on any atom is 0.254 e. The Kier molecular flexibility index (Phi) is 6.82. The second-order valence-corrected chi connectivity index (χ2v) is 8.55. The molecule has 8 heteroatoms. The van der Waals surface area contributed by atoms with Crippen molar-refractivity contribution in [2.24, 2.45) is 0 Å². The number of likely N-dealkylation sites (tertiary alicyclic amines) is 1. The Labute approximate surface area is 193 Å². The van der Waals surface area contributed by atoms with Crippen LogP contribution in [-0.2, 0) is 17.8 Å². The zero-order valence-electron chi connectivity index (χ0n) is 19.3. The fourth-order valence-electron chi connectivity index (χ4n) is 4.21. The van der Waals surface area contributed by atoms with Crippen molar-refractivity contribution < 1.29 is 14.1 Å². The van der Waals surface area contributed by atoms with Crippen molar-refractivity contribution in [3.8, 4) is 0 Å². The summed E-state index contributed by atoms with van der Waals surface area (Å²) in [6.07, 6.45) is 3.69. The Bertz CT molecular complexity index is 1120. The highest BCUT2D eigenvalue weighted by Gasteiger charge is 2.28. The van der Waals surface area contributed by atoms with Crippen LogP contribution in [0.25, 0.3) is 0 Å². The fourth-order valence-corrected chi connectivity index (χ4v) is 4.21. The molecule has 0 bridgehead atoms. The lowest BCUT2D eigenvalue weighted by molar-refractivity contribution is -0.131. The van der Waals surface area contributed by atoms with Gasteiger partial charge < -0.3 is 14.7 Å². The zero-order valence-corrected chi connectivity index (χ0v) is 19.3. The molecule has 0 aliphatic carbocycles. The molecule has 1 aromatic carbocycles. The van der Waals surface area contributed by atoms with Crippen LogP contribution in [0.2, 0.25) is 0 Å². The van der Waals surface area contributed by atoms with E-state index in [1.165, 1.54) is 0 Å². The number of benzene rings is 1. The smallest absolute Gasteiger partial charge is 0.254 e. The summed E-state index contributed by atoms with van der Waals surface area (Å²) >= 11 is 0. The van der Waals surface area contributed by atoms with Crippen LogP contribution in [0.5, 0.6) is 0 Å². The van der Waals surface area contributed by atoms with Gasteiger partial charge in [-0.25, -0.2) is 9.97 Å². The third kappa shape index (κ3) is 5.27. The molecule has 3 aromatic rings. The Morgan fingerprint density at radius 1 is 1.15 bits per heavy atom. The van der Waals surface area contributed by atoms with Crippen molar-refractivity contribution in [2.45, 2.75) is 52.5 Å². The molecule has 2 amide bonds. The van der Waals surface area contributed by atoms with Gasteiger partial charge in [0.25, 0.3) is 5.91 Å². The van der Waals surface area contributed by atoms with E-state index in [9.17, 15) is 9.59 Å². The van der Waals surface area contributed by atoms with E-state index in [-0.39, 0.29) is 24.2 Å². The van der Waals surface area contributed by atoms with Gasteiger partial charge >= 0.3 is 0 Å². The highest BCUT2D eigenvalue weighted by atomic mass is 16.5. The van der Waals surface area contributed by atoms with Gasteiger partial charge in [-0.1, -0.05) is 35.5 Å². The van der Waals surface area contributed by atoms with Crippen LogP contribution in [-0.4, -0.2) is 44.9 Å². The molecule has 0 radical (unpaired) electrons. The number of piperidine rings is 1. The van der Waals surface area contributed by atoms with Gasteiger partial charge in [0.1, 0.15) is 11.6 Å². The summed E-state index contributed by atoms with van der Waals surface area (Å²) < 4.78 is 5.19. The van der Waals surface area contributed by atoms with Crippen molar-refractivity contribution in [3.63, 3.8) is 0 Å². The normalized spacial score (nSPS) is 16.0. The lowest BCUT2D eigenvalue weighted by atomic mass is 9.96.